The number of carboxylic acid groups (broad SMARTS) is 1. The second-order valence-corrected chi connectivity index (χ2v) is 21.0. The molecule has 4 fully saturated rings. The molecule has 0 spiro atoms. The number of benzene rings is 1. The standard InChI is InChI=1S/C46H67ClN2O6/c1-28(2)38-32(50)24-46(22-23-49(36(51)26-48)27-29-10-12-30(47)13-11-29)21-20-44(8)31(39(38)46)14-15-34-43(7)18-17-35(55-37(52)25-41(3,4)40(53)54)42(5,6)33(43)16-19-45(34,44)9/h10-13,28,31,33-35H,14-27,48H2,1-9H3,(H,53,54)/t31?,33-,34?,35-,43-,44+,45+,46?/m0/s1. The average molecular weight is 780 g/mol. The van der Waals surface area contributed by atoms with E-state index in [-0.39, 0.29) is 58.0 Å². The summed E-state index contributed by atoms with van der Waals surface area (Å²) in [4.78, 5) is 54.2. The zero-order chi connectivity index (χ0) is 40.5. The number of hydrogen-bond acceptors (Lipinski definition) is 6. The Kier molecular flexibility index (Phi) is 11.1. The van der Waals surface area contributed by atoms with Gasteiger partial charge in [0.25, 0.3) is 0 Å². The number of Topliss-reactive ketones (excluding diaryl/α,β-unsaturated/α-hetero) is 1. The second kappa shape index (κ2) is 14.6. The number of nitrogens with zero attached hydrogens (tertiary/aromatic N) is 1. The van der Waals surface area contributed by atoms with Crippen LogP contribution in [0.4, 0.5) is 0 Å². The number of rotatable bonds is 11. The molecule has 5 aliphatic rings. The van der Waals surface area contributed by atoms with Crippen LogP contribution in [0.15, 0.2) is 35.4 Å². The van der Waals surface area contributed by atoms with Crippen LogP contribution >= 0.6 is 11.6 Å². The molecule has 0 bridgehead atoms. The number of amides is 1. The third-order valence-electron chi connectivity index (χ3n) is 16.6. The summed E-state index contributed by atoms with van der Waals surface area (Å²) in [6.07, 6.45) is 8.95. The van der Waals surface area contributed by atoms with E-state index in [0.29, 0.717) is 48.1 Å². The van der Waals surface area contributed by atoms with Gasteiger partial charge in [0.05, 0.1) is 18.4 Å². The lowest BCUT2D eigenvalue weighted by Crippen LogP contribution is -2.65. The van der Waals surface area contributed by atoms with Crippen LogP contribution in [-0.2, 0) is 30.5 Å². The van der Waals surface area contributed by atoms with Gasteiger partial charge in [-0.3, -0.25) is 19.2 Å². The molecule has 6 rings (SSSR count). The van der Waals surface area contributed by atoms with Gasteiger partial charge in [-0.1, -0.05) is 77.8 Å². The van der Waals surface area contributed by atoms with Crippen molar-refractivity contribution in [3.8, 4) is 0 Å². The van der Waals surface area contributed by atoms with E-state index in [4.69, 9.17) is 22.1 Å². The molecule has 9 heteroatoms. The van der Waals surface area contributed by atoms with Gasteiger partial charge in [0.2, 0.25) is 5.91 Å². The third kappa shape index (κ3) is 6.91. The number of ketones is 1. The maximum absolute atomic E-state index is 14.2. The summed E-state index contributed by atoms with van der Waals surface area (Å²) in [7, 11) is 0. The van der Waals surface area contributed by atoms with E-state index in [9.17, 15) is 24.3 Å². The molecule has 1 aromatic carbocycles. The normalized spacial score (nSPS) is 35.4. The summed E-state index contributed by atoms with van der Waals surface area (Å²) in [5, 5.41) is 10.3. The summed E-state index contributed by atoms with van der Waals surface area (Å²) in [5.41, 5.74) is 7.90. The van der Waals surface area contributed by atoms with Gasteiger partial charge >= 0.3 is 11.9 Å². The fourth-order valence-corrected chi connectivity index (χ4v) is 13.6. The molecule has 0 heterocycles. The highest BCUT2D eigenvalue weighted by atomic mass is 35.5. The number of aliphatic carboxylic acids is 1. The van der Waals surface area contributed by atoms with E-state index in [1.807, 2.05) is 29.2 Å². The number of halogens is 1. The average Bonchev–Trinajstić information content (AvgIpc) is 3.40. The number of hydrogen-bond donors (Lipinski definition) is 2. The van der Waals surface area contributed by atoms with E-state index in [2.05, 4.69) is 48.5 Å². The fraction of sp³-hybridized carbons (Fsp3) is 0.739. The van der Waals surface area contributed by atoms with Gasteiger partial charge in [0.1, 0.15) is 6.10 Å². The van der Waals surface area contributed by atoms with Crippen LogP contribution in [0.2, 0.25) is 5.02 Å². The van der Waals surface area contributed by atoms with Gasteiger partial charge in [-0.15, -0.1) is 0 Å². The highest BCUT2D eigenvalue weighted by Gasteiger charge is 2.70. The van der Waals surface area contributed by atoms with Gasteiger partial charge in [0.15, 0.2) is 5.78 Å². The van der Waals surface area contributed by atoms with Crippen LogP contribution < -0.4 is 5.73 Å². The molecule has 0 aromatic heterocycles. The van der Waals surface area contributed by atoms with Crippen molar-refractivity contribution < 1.29 is 29.0 Å². The zero-order valence-electron chi connectivity index (χ0n) is 35.0. The largest absolute Gasteiger partial charge is 0.481 e. The van der Waals surface area contributed by atoms with Crippen LogP contribution in [0.1, 0.15) is 139 Å². The van der Waals surface area contributed by atoms with Crippen molar-refractivity contribution in [2.75, 3.05) is 13.1 Å². The van der Waals surface area contributed by atoms with Crippen molar-refractivity contribution in [2.24, 2.45) is 61.9 Å². The van der Waals surface area contributed by atoms with Crippen LogP contribution in [0.3, 0.4) is 0 Å². The third-order valence-corrected chi connectivity index (χ3v) is 16.9. The first kappa shape index (κ1) is 41.9. The second-order valence-electron chi connectivity index (χ2n) is 20.6. The first-order valence-electron chi connectivity index (χ1n) is 21.0. The molecule has 0 aliphatic heterocycles. The topological polar surface area (TPSA) is 127 Å². The molecule has 4 saturated carbocycles. The molecule has 1 amide bonds. The quantitative estimate of drug-likeness (QED) is 0.214. The van der Waals surface area contributed by atoms with Crippen molar-refractivity contribution in [3.63, 3.8) is 0 Å². The minimum atomic E-state index is -1.17. The molecule has 5 aliphatic carbocycles. The smallest absolute Gasteiger partial charge is 0.309 e. The van der Waals surface area contributed by atoms with Gasteiger partial charge in [-0.25, -0.2) is 0 Å². The molecule has 3 unspecified atom stereocenters. The van der Waals surface area contributed by atoms with E-state index in [1.54, 1.807) is 13.8 Å². The van der Waals surface area contributed by atoms with Crippen molar-refractivity contribution in [1.82, 2.24) is 4.90 Å². The Morgan fingerprint density at radius 3 is 2.24 bits per heavy atom. The van der Waals surface area contributed by atoms with E-state index >= 15 is 0 Å². The molecule has 1 aromatic rings. The van der Waals surface area contributed by atoms with E-state index < -0.39 is 17.4 Å². The van der Waals surface area contributed by atoms with E-state index in [1.165, 1.54) is 5.57 Å². The molecule has 8 nitrogen and oxygen atoms in total. The Hall–Kier alpha value is -2.71. The Morgan fingerprint density at radius 2 is 1.62 bits per heavy atom. The van der Waals surface area contributed by atoms with Crippen LogP contribution in [0.5, 0.6) is 0 Å². The summed E-state index contributed by atoms with van der Waals surface area (Å²) in [5.74, 6) is 0.108. The van der Waals surface area contributed by atoms with Crippen LogP contribution in [0, 0.1) is 56.2 Å². The number of carboxylic acids is 1. The fourth-order valence-electron chi connectivity index (χ4n) is 13.5. The predicted molar refractivity (Wildman–Crippen MR) is 216 cm³/mol. The molecular weight excluding hydrogens is 712 g/mol. The number of carbonyl (C=O) groups excluding carboxylic acids is 3. The number of nitrogens with two attached hydrogens (primary N) is 1. The number of fused-ring (bicyclic) bond motifs is 7. The highest BCUT2D eigenvalue weighted by molar-refractivity contribution is 6.30. The van der Waals surface area contributed by atoms with E-state index in [0.717, 1.165) is 68.9 Å². The summed E-state index contributed by atoms with van der Waals surface area (Å²) >= 11 is 6.17. The van der Waals surface area contributed by atoms with Crippen LogP contribution in [-0.4, -0.2) is 52.8 Å². The van der Waals surface area contributed by atoms with Crippen molar-refractivity contribution in [1.29, 1.82) is 0 Å². The van der Waals surface area contributed by atoms with Gasteiger partial charge in [-0.2, -0.15) is 0 Å². The maximum atomic E-state index is 14.2. The highest BCUT2D eigenvalue weighted by Crippen LogP contribution is 2.77. The molecule has 3 N–H and O–H groups in total. The molecule has 0 saturated heterocycles. The molecule has 0 radical (unpaired) electrons. The number of ether oxygens (including phenoxy) is 1. The zero-order valence-corrected chi connectivity index (χ0v) is 35.7. The molecule has 55 heavy (non-hydrogen) atoms. The number of allylic oxidation sites excluding steroid dienone is 2. The van der Waals surface area contributed by atoms with Gasteiger partial charge in [0, 0.05) is 35.4 Å². The summed E-state index contributed by atoms with van der Waals surface area (Å²) in [6, 6.07) is 7.63. The predicted octanol–water partition coefficient (Wildman–Crippen LogP) is 9.41. The molecule has 8 atom stereocenters. The van der Waals surface area contributed by atoms with Gasteiger partial charge in [-0.05, 0) is 135 Å². The lowest BCUT2D eigenvalue weighted by atomic mass is 9.33. The SMILES string of the molecule is CC(C)C1=C2C3CCC4[C@@]5(C)CC[C@H](OC(=O)CC(C)(C)C(=O)O)C(C)(C)[C@@H]5CC[C@@]4(C)[C@]3(C)CCC2(CCN(Cc2ccc(Cl)cc2)C(=O)CN)CC1=O. The Balaban J connectivity index is 1.27. The molecule has 304 valence electrons. The van der Waals surface area contributed by atoms with Crippen LogP contribution in [0.25, 0.3) is 0 Å². The van der Waals surface area contributed by atoms with Crippen molar-refractivity contribution in [3.05, 3.63) is 46.0 Å². The lowest BCUT2D eigenvalue weighted by Gasteiger charge is -2.72. The van der Waals surface area contributed by atoms with Crippen molar-refractivity contribution >= 4 is 35.2 Å². The Labute approximate surface area is 334 Å². The minimum absolute atomic E-state index is 0.0133. The number of carbonyl (C=O) groups is 4. The summed E-state index contributed by atoms with van der Waals surface area (Å²) < 4.78 is 6.18. The lowest BCUT2D eigenvalue weighted by molar-refractivity contribution is -0.233. The maximum Gasteiger partial charge on any atom is 0.309 e. The summed E-state index contributed by atoms with van der Waals surface area (Å²) in [6.45, 7) is 20.7. The first-order chi connectivity index (χ1) is 25.6. The molecular formula is C46H67ClN2O6. The van der Waals surface area contributed by atoms with Gasteiger partial charge < -0.3 is 20.5 Å². The minimum Gasteiger partial charge on any atom is -0.481 e. The first-order valence-corrected chi connectivity index (χ1v) is 21.4. The van der Waals surface area contributed by atoms with Crippen molar-refractivity contribution in [2.45, 2.75) is 146 Å². The number of esters is 1. The Morgan fingerprint density at radius 1 is 0.945 bits per heavy atom. The monoisotopic (exact) mass is 778 g/mol. The Bertz CT molecular complexity index is 1730.